The average Bonchev–Trinajstić information content (AvgIpc) is 2.02. The lowest BCUT2D eigenvalue weighted by Crippen LogP contribution is -2.20. The van der Waals surface area contributed by atoms with Gasteiger partial charge >= 0.3 is 0 Å². The van der Waals surface area contributed by atoms with E-state index in [1.807, 2.05) is 0 Å². The Hall–Kier alpha value is -0.640. The van der Waals surface area contributed by atoms with E-state index in [1.165, 1.54) is 0 Å². The molecule has 1 aromatic rings. The van der Waals surface area contributed by atoms with Gasteiger partial charge in [0.15, 0.2) is 6.61 Å². The zero-order chi connectivity index (χ0) is 9.90. The fourth-order valence-corrected chi connectivity index (χ4v) is 1.01. The Labute approximate surface area is 83.8 Å². The molecule has 1 aromatic carbocycles. The lowest BCUT2D eigenvalue weighted by molar-refractivity contribution is -0.0229. The smallest absolute Gasteiger partial charge is 0.278 e. The molecule has 0 aliphatic rings. The highest BCUT2D eigenvalue weighted by molar-refractivity contribution is 9.10. The molecule has 0 saturated carbocycles. The summed E-state index contributed by atoms with van der Waals surface area (Å²) in [5.74, 6) is -2.34. The van der Waals surface area contributed by atoms with E-state index < -0.39 is 12.5 Å². The summed E-state index contributed by atoms with van der Waals surface area (Å²) in [6.07, 6.45) is 0. The molecule has 0 radical (unpaired) electrons. The Morgan fingerprint density at radius 3 is 2.31 bits per heavy atom. The van der Waals surface area contributed by atoms with Crippen molar-refractivity contribution < 1.29 is 13.5 Å². The van der Waals surface area contributed by atoms with Gasteiger partial charge in [-0.1, -0.05) is 15.9 Å². The van der Waals surface area contributed by atoms with Crippen LogP contribution in [0.4, 0.5) is 8.78 Å². The third kappa shape index (κ3) is 4.22. The van der Waals surface area contributed by atoms with Crippen molar-refractivity contribution in [1.82, 2.24) is 0 Å². The summed E-state index contributed by atoms with van der Waals surface area (Å²) >= 11 is 3.23. The molecule has 0 unspecified atom stereocenters. The molecule has 0 aliphatic carbocycles. The first-order chi connectivity index (χ1) is 5.97. The highest BCUT2D eigenvalue weighted by Gasteiger charge is 2.21. The quantitative estimate of drug-likeness (QED) is 0.799. The predicted octanol–water partition coefficient (Wildman–Crippen LogP) is 3.48. The van der Waals surface area contributed by atoms with Gasteiger partial charge in [0.25, 0.3) is 5.92 Å². The molecular weight excluding hydrogens is 242 g/mol. The number of rotatable bonds is 3. The van der Waals surface area contributed by atoms with Crippen LogP contribution in [-0.4, -0.2) is 12.5 Å². The molecule has 0 aromatic heterocycles. The van der Waals surface area contributed by atoms with Gasteiger partial charge in [0.05, 0.1) is 0 Å². The van der Waals surface area contributed by atoms with Crippen LogP contribution >= 0.6 is 15.9 Å². The minimum Gasteiger partial charge on any atom is -0.487 e. The molecule has 0 spiro atoms. The summed E-state index contributed by atoms with van der Waals surface area (Å²) in [7, 11) is 0. The third-order valence-electron chi connectivity index (χ3n) is 1.31. The van der Waals surface area contributed by atoms with E-state index in [1.54, 1.807) is 24.3 Å². The Morgan fingerprint density at radius 2 is 1.85 bits per heavy atom. The number of benzene rings is 1. The minimum absolute atomic E-state index is 0.449. The molecule has 0 heterocycles. The van der Waals surface area contributed by atoms with Gasteiger partial charge in [-0.3, -0.25) is 0 Å². The number of ether oxygens (including phenoxy) is 1. The Bertz CT molecular complexity index is 266. The normalized spacial score (nSPS) is 11.4. The largest absolute Gasteiger partial charge is 0.487 e. The van der Waals surface area contributed by atoms with E-state index in [0.717, 1.165) is 11.4 Å². The summed E-state index contributed by atoms with van der Waals surface area (Å²) in [6, 6.07) is 6.75. The molecule has 1 nitrogen and oxygen atoms in total. The Morgan fingerprint density at radius 1 is 1.31 bits per heavy atom. The van der Waals surface area contributed by atoms with Gasteiger partial charge in [0.1, 0.15) is 5.75 Å². The summed E-state index contributed by atoms with van der Waals surface area (Å²) < 4.78 is 30.5. The van der Waals surface area contributed by atoms with E-state index in [9.17, 15) is 8.78 Å². The van der Waals surface area contributed by atoms with Gasteiger partial charge in [0, 0.05) is 11.4 Å². The van der Waals surface area contributed by atoms with Crippen LogP contribution in [0.3, 0.4) is 0 Å². The summed E-state index contributed by atoms with van der Waals surface area (Å²) in [5.41, 5.74) is 0. The number of hydrogen-bond donors (Lipinski definition) is 0. The number of alkyl halides is 2. The fourth-order valence-electron chi connectivity index (χ4n) is 0.741. The summed E-state index contributed by atoms with van der Waals surface area (Å²) in [4.78, 5) is 0. The van der Waals surface area contributed by atoms with Crippen molar-refractivity contribution in [1.29, 1.82) is 0 Å². The van der Waals surface area contributed by atoms with Gasteiger partial charge in [-0.2, -0.15) is 0 Å². The standard InChI is InChI=1S/C9H9BrF2O/c1-9(11,12)6-13-8-4-2-7(10)3-5-8/h2-5H,6H2,1H3. The van der Waals surface area contributed by atoms with Crippen LogP contribution in [0.25, 0.3) is 0 Å². The van der Waals surface area contributed by atoms with Crippen molar-refractivity contribution in [3.63, 3.8) is 0 Å². The zero-order valence-corrected chi connectivity index (χ0v) is 8.64. The molecule has 0 saturated heterocycles. The molecule has 0 bridgehead atoms. The first-order valence-electron chi connectivity index (χ1n) is 3.73. The second-order valence-electron chi connectivity index (χ2n) is 2.81. The van der Waals surface area contributed by atoms with Crippen LogP contribution in [0.2, 0.25) is 0 Å². The Balaban J connectivity index is 2.51. The van der Waals surface area contributed by atoms with Crippen molar-refractivity contribution in [2.45, 2.75) is 12.8 Å². The van der Waals surface area contributed by atoms with Crippen LogP contribution in [0.1, 0.15) is 6.92 Å². The maximum Gasteiger partial charge on any atom is 0.278 e. The van der Waals surface area contributed by atoms with Crippen LogP contribution in [0.15, 0.2) is 28.7 Å². The predicted molar refractivity (Wildman–Crippen MR) is 50.3 cm³/mol. The summed E-state index contributed by atoms with van der Waals surface area (Å²) in [5, 5.41) is 0. The second-order valence-corrected chi connectivity index (χ2v) is 3.73. The van der Waals surface area contributed by atoms with Crippen molar-refractivity contribution >= 4 is 15.9 Å². The van der Waals surface area contributed by atoms with Crippen molar-refractivity contribution in [2.75, 3.05) is 6.61 Å². The molecular formula is C9H9BrF2O. The van der Waals surface area contributed by atoms with Gasteiger partial charge in [-0.25, -0.2) is 8.78 Å². The fraction of sp³-hybridized carbons (Fsp3) is 0.333. The third-order valence-corrected chi connectivity index (χ3v) is 1.83. The Kier molecular flexibility index (Phi) is 3.25. The summed E-state index contributed by atoms with van der Waals surface area (Å²) in [6.45, 7) is 0.237. The van der Waals surface area contributed by atoms with E-state index >= 15 is 0 Å². The van der Waals surface area contributed by atoms with E-state index in [0.29, 0.717) is 5.75 Å². The molecule has 0 N–H and O–H groups in total. The molecule has 0 fully saturated rings. The molecule has 4 heteroatoms. The maximum absolute atomic E-state index is 12.4. The minimum atomic E-state index is -2.78. The number of halogens is 3. The van der Waals surface area contributed by atoms with Gasteiger partial charge in [0.2, 0.25) is 0 Å². The molecule has 0 aliphatic heterocycles. The topological polar surface area (TPSA) is 9.23 Å². The SMILES string of the molecule is CC(F)(F)COc1ccc(Br)cc1. The lowest BCUT2D eigenvalue weighted by atomic mass is 10.3. The first-order valence-corrected chi connectivity index (χ1v) is 4.53. The van der Waals surface area contributed by atoms with Crippen LogP contribution in [-0.2, 0) is 0 Å². The molecule has 1 rings (SSSR count). The van der Waals surface area contributed by atoms with Crippen LogP contribution < -0.4 is 4.74 Å². The van der Waals surface area contributed by atoms with Gasteiger partial charge in [-0.15, -0.1) is 0 Å². The van der Waals surface area contributed by atoms with E-state index in [2.05, 4.69) is 15.9 Å². The lowest BCUT2D eigenvalue weighted by Gasteiger charge is -2.11. The van der Waals surface area contributed by atoms with Gasteiger partial charge in [-0.05, 0) is 24.3 Å². The van der Waals surface area contributed by atoms with Crippen LogP contribution in [0, 0.1) is 0 Å². The van der Waals surface area contributed by atoms with Gasteiger partial charge < -0.3 is 4.74 Å². The highest BCUT2D eigenvalue weighted by Crippen LogP contribution is 2.19. The zero-order valence-electron chi connectivity index (χ0n) is 7.06. The highest BCUT2D eigenvalue weighted by atomic mass is 79.9. The van der Waals surface area contributed by atoms with E-state index in [-0.39, 0.29) is 0 Å². The average molecular weight is 251 g/mol. The monoisotopic (exact) mass is 250 g/mol. The van der Waals surface area contributed by atoms with Crippen molar-refractivity contribution in [3.8, 4) is 5.75 Å². The molecule has 72 valence electrons. The molecule has 13 heavy (non-hydrogen) atoms. The first kappa shape index (κ1) is 10.4. The number of hydrogen-bond acceptors (Lipinski definition) is 1. The molecule has 0 amide bonds. The van der Waals surface area contributed by atoms with Crippen LogP contribution in [0.5, 0.6) is 5.75 Å². The van der Waals surface area contributed by atoms with Crippen molar-refractivity contribution in [3.05, 3.63) is 28.7 Å². The molecule has 0 atom stereocenters. The van der Waals surface area contributed by atoms with Crippen molar-refractivity contribution in [2.24, 2.45) is 0 Å². The maximum atomic E-state index is 12.4. The van der Waals surface area contributed by atoms with E-state index in [4.69, 9.17) is 4.74 Å². The second kappa shape index (κ2) is 4.05.